The molecule has 0 spiro atoms. The number of nitrogens with zero attached hydrogens (tertiary/aromatic N) is 1. The van der Waals surface area contributed by atoms with E-state index in [4.69, 9.17) is 9.62 Å². The normalized spacial score (nSPS) is 16.3. The SMILES string of the molecule is O=C(C[C@@H](CCCC1CCCCC1)c1ncc(-c2ccccc2)o1)NO. The Labute approximate surface area is 154 Å². The first kappa shape index (κ1) is 18.6. The quantitative estimate of drug-likeness (QED) is 0.511. The number of nitrogens with one attached hydrogen (secondary N) is 1. The summed E-state index contributed by atoms with van der Waals surface area (Å²) in [5.74, 6) is 1.61. The third-order valence-corrected chi connectivity index (χ3v) is 5.38. The maximum atomic E-state index is 11.7. The van der Waals surface area contributed by atoms with Crippen LogP contribution in [0.25, 0.3) is 11.3 Å². The van der Waals surface area contributed by atoms with Crippen molar-refractivity contribution in [2.75, 3.05) is 0 Å². The number of amides is 1. The van der Waals surface area contributed by atoms with Crippen LogP contribution < -0.4 is 5.48 Å². The molecule has 0 bridgehead atoms. The van der Waals surface area contributed by atoms with E-state index in [9.17, 15) is 4.79 Å². The van der Waals surface area contributed by atoms with Gasteiger partial charge < -0.3 is 4.42 Å². The van der Waals surface area contributed by atoms with E-state index in [1.165, 1.54) is 38.5 Å². The Bertz CT molecular complexity index is 678. The molecule has 1 amide bonds. The highest BCUT2D eigenvalue weighted by atomic mass is 16.5. The molecule has 2 aromatic rings. The summed E-state index contributed by atoms with van der Waals surface area (Å²) >= 11 is 0. The second-order valence-corrected chi connectivity index (χ2v) is 7.30. The molecule has 5 heteroatoms. The molecule has 1 aromatic heterocycles. The Morgan fingerprint density at radius 3 is 2.73 bits per heavy atom. The first-order valence-corrected chi connectivity index (χ1v) is 9.70. The van der Waals surface area contributed by atoms with E-state index in [2.05, 4.69) is 4.98 Å². The van der Waals surface area contributed by atoms with Crippen LogP contribution in [-0.2, 0) is 4.79 Å². The van der Waals surface area contributed by atoms with Gasteiger partial charge in [-0.2, -0.15) is 0 Å². The van der Waals surface area contributed by atoms with E-state index in [0.717, 1.165) is 24.3 Å². The molecule has 0 saturated heterocycles. The summed E-state index contributed by atoms with van der Waals surface area (Å²) in [6.07, 6.45) is 11.7. The Morgan fingerprint density at radius 2 is 2.00 bits per heavy atom. The highest BCUT2D eigenvalue weighted by Crippen LogP contribution is 2.32. The van der Waals surface area contributed by atoms with Gasteiger partial charge in [0.2, 0.25) is 5.91 Å². The van der Waals surface area contributed by atoms with Crippen molar-refractivity contribution >= 4 is 5.91 Å². The van der Waals surface area contributed by atoms with Crippen molar-refractivity contribution in [2.24, 2.45) is 5.92 Å². The molecule has 2 N–H and O–H groups in total. The summed E-state index contributed by atoms with van der Waals surface area (Å²) in [6, 6.07) is 9.82. The molecule has 1 aromatic carbocycles. The van der Waals surface area contributed by atoms with Gasteiger partial charge in [-0.1, -0.05) is 75.3 Å². The minimum Gasteiger partial charge on any atom is -0.440 e. The lowest BCUT2D eigenvalue weighted by atomic mass is 9.84. The van der Waals surface area contributed by atoms with Gasteiger partial charge in [-0.15, -0.1) is 0 Å². The van der Waals surface area contributed by atoms with Crippen LogP contribution in [0.1, 0.15) is 69.6 Å². The Kier molecular flexibility index (Phi) is 6.83. The molecule has 1 fully saturated rings. The zero-order valence-electron chi connectivity index (χ0n) is 15.2. The summed E-state index contributed by atoms with van der Waals surface area (Å²) < 4.78 is 5.95. The highest BCUT2D eigenvalue weighted by Gasteiger charge is 2.22. The van der Waals surface area contributed by atoms with Crippen molar-refractivity contribution in [1.82, 2.24) is 10.5 Å². The number of carbonyl (C=O) groups is 1. The second kappa shape index (κ2) is 9.53. The number of hydroxylamine groups is 1. The van der Waals surface area contributed by atoms with E-state index in [1.807, 2.05) is 30.3 Å². The monoisotopic (exact) mass is 356 g/mol. The van der Waals surface area contributed by atoms with Crippen molar-refractivity contribution in [1.29, 1.82) is 0 Å². The Hall–Kier alpha value is -2.14. The predicted octanol–water partition coefficient (Wildman–Crippen LogP) is 5.07. The minimum absolute atomic E-state index is 0.108. The van der Waals surface area contributed by atoms with Crippen LogP contribution in [0, 0.1) is 5.92 Å². The molecular weight excluding hydrogens is 328 g/mol. The fraction of sp³-hybridized carbons (Fsp3) is 0.524. The van der Waals surface area contributed by atoms with Crippen molar-refractivity contribution < 1.29 is 14.4 Å². The molecule has 0 radical (unpaired) electrons. The van der Waals surface area contributed by atoms with E-state index < -0.39 is 5.91 Å². The van der Waals surface area contributed by atoms with Gasteiger partial charge in [-0.05, 0) is 12.3 Å². The topological polar surface area (TPSA) is 75.4 Å². The molecule has 0 unspecified atom stereocenters. The van der Waals surface area contributed by atoms with Crippen molar-refractivity contribution in [3.05, 3.63) is 42.4 Å². The Morgan fingerprint density at radius 1 is 1.23 bits per heavy atom. The van der Waals surface area contributed by atoms with Gasteiger partial charge in [0.15, 0.2) is 11.7 Å². The predicted molar refractivity (Wildman–Crippen MR) is 99.7 cm³/mol. The second-order valence-electron chi connectivity index (χ2n) is 7.30. The molecule has 1 heterocycles. The van der Waals surface area contributed by atoms with Gasteiger partial charge in [-0.25, -0.2) is 10.5 Å². The maximum absolute atomic E-state index is 11.7. The van der Waals surface area contributed by atoms with Crippen LogP contribution in [0.3, 0.4) is 0 Å². The summed E-state index contributed by atoms with van der Waals surface area (Å²) in [5.41, 5.74) is 2.71. The maximum Gasteiger partial charge on any atom is 0.244 e. The van der Waals surface area contributed by atoms with Gasteiger partial charge in [-0.3, -0.25) is 10.0 Å². The van der Waals surface area contributed by atoms with Gasteiger partial charge in [0.25, 0.3) is 0 Å². The number of hydrogen-bond donors (Lipinski definition) is 2. The number of carbonyl (C=O) groups excluding carboxylic acids is 1. The molecule has 1 atom stereocenters. The smallest absolute Gasteiger partial charge is 0.244 e. The summed E-state index contributed by atoms with van der Waals surface area (Å²) in [7, 11) is 0. The van der Waals surface area contributed by atoms with Crippen LogP contribution in [0.5, 0.6) is 0 Å². The molecular formula is C21H28N2O3. The van der Waals surface area contributed by atoms with E-state index >= 15 is 0 Å². The molecule has 140 valence electrons. The molecule has 26 heavy (non-hydrogen) atoms. The zero-order chi connectivity index (χ0) is 18.2. The van der Waals surface area contributed by atoms with Crippen LogP contribution >= 0.6 is 0 Å². The van der Waals surface area contributed by atoms with Crippen LogP contribution in [0.2, 0.25) is 0 Å². The molecule has 1 saturated carbocycles. The lowest BCUT2D eigenvalue weighted by Crippen LogP contribution is -2.21. The fourth-order valence-electron chi connectivity index (χ4n) is 3.92. The van der Waals surface area contributed by atoms with E-state index in [0.29, 0.717) is 11.7 Å². The molecule has 1 aliphatic rings. The van der Waals surface area contributed by atoms with Gasteiger partial charge in [0.05, 0.1) is 6.20 Å². The summed E-state index contributed by atoms with van der Waals surface area (Å²) in [4.78, 5) is 16.1. The molecule has 1 aliphatic carbocycles. The van der Waals surface area contributed by atoms with Crippen LogP contribution in [0.4, 0.5) is 0 Å². The average Bonchev–Trinajstić information content (AvgIpc) is 3.19. The summed E-state index contributed by atoms with van der Waals surface area (Å²) in [5, 5.41) is 8.89. The van der Waals surface area contributed by atoms with Crippen molar-refractivity contribution in [3.63, 3.8) is 0 Å². The van der Waals surface area contributed by atoms with Crippen LogP contribution in [0.15, 0.2) is 40.9 Å². The van der Waals surface area contributed by atoms with Crippen molar-refractivity contribution in [3.8, 4) is 11.3 Å². The zero-order valence-corrected chi connectivity index (χ0v) is 15.2. The van der Waals surface area contributed by atoms with E-state index in [1.54, 1.807) is 11.7 Å². The van der Waals surface area contributed by atoms with Crippen molar-refractivity contribution in [2.45, 2.75) is 63.7 Å². The number of rotatable bonds is 8. The average molecular weight is 356 g/mol. The minimum atomic E-state index is -0.396. The molecule has 5 nitrogen and oxygen atoms in total. The van der Waals surface area contributed by atoms with Crippen LogP contribution in [-0.4, -0.2) is 16.1 Å². The number of aromatic nitrogens is 1. The molecule has 0 aliphatic heterocycles. The highest BCUT2D eigenvalue weighted by molar-refractivity contribution is 5.75. The first-order valence-electron chi connectivity index (χ1n) is 9.70. The van der Waals surface area contributed by atoms with Gasteiger partial charge >= 0.3 is 0 Å². The number of benzene rings is 1. The Balaban J connectivity index is 1.63. The first-order chi connectivity index (χ1) is 12.8. The lowest BCUT2D eigenvalue weighted by Gasteiger charge is -2.22. The third kappa shape index (κ3) is 5.18. The number of hydrogen-bond acceptors (Lipinski definition) is 4. The third-order valence-electron chi connectivity index (χ3n) is 5.38. The van der Waals surface area contributed by atoms with Gasteiger partial charge in [0.1, 0.15) is 0 Å². The fourth-order valence-corrected chi connectivity index (χ4v) is 3.92. The largest absolute Gasteiger partial charge is 0.440 e. The van der Waals surface area contributed by atoms with E-state index in [-0.39, 0.29) is 12.3 Å². The molecule has 3 rings (SSSR count). The van der Waals surface area contributed by atoms with Gasteiger partial charge in [0, 0.05) is 17.9 Å². The standard InChI is InChI=1S/C21H28N2O3/c24-20(23-25)14-18(13-7-10-16-8-3-1-4-9-16)21-22-15-19(26-21)17-11-5-2-6-12-17/h2,5-6,11-12,15-16,18,25H,1,3-4,7-10,13-14H2,(H,23,24)/t18-/m1/s1. The number of oxazole rings is 1. The lowest BCUT2D eigenvalue weighted by molar-refractivity contribution is -0.129. The summed E-state index contributed by atoms with van der Waals surface area (Å²) in [6.45, 7) is 0.